The summed E-state index contributed by atoms with van der Waals surface area (Å²) in [6, 6.07) is 4.91. The third-order valence-corrected chi connectivity index (χ3v) is 5.89. The number of carbonyl (C=O) groups excluding carboxylic acids is 2. The van der Waals surface area contributed by atoms with Crippen molar-refractivity contribution in [3.8, 4) is 0 Å². The smallest absolute Gasteiger partial charge is 0.271 e. The summed E-state index contributed by atoms with van der Waals surface area (Å²) in [7, 11) is 1.84. The van der Waals surface area contributed by atoms with Gasteiger partial charge in [-0.05, 0) is 51.8 Å². The summed E-state index contributed by atoms with van der Waals surface area (Å²) in [6.07, 6.45) is 2.23. The van der Waals surface area contributed by atoms with Crippen LogP contribution in [0.4, 0.5) is 11.4 Å². The highest BCUT2D eigenvalue weighted by Crippen LogP contribution is 2.32. The Balaban J connectivity index is 1.57. The minimum Gasteiger partial charge on any atom is -0.343 e. The number of piperidine rings is 1. The lowest BCUT2D eigenvalue weighted by Crippen LogP contribution is -2.46. The second kappa shape index (κ2) is 8.26. The summed E-state index contributed by atoms with van der Waals surface area (Å²) in [5, 5.41) is 11.0. The van der Waals surface area contributed by atoms with Gasteiger partial charge in [0.1, 0.15) is 0 Å². The van der Waals surface area contributed by atoms with E-state index in [4.69, 9.17) is 0 Å². The van der Waals surface area contributed by atoms with Crippen LogP contribution in [-0.2, 0) is 16.0 Å². The van der Waals surface area contributed by atoms with E-state index in [1.54, 1.807) is 15.9 Å². The zero-order chi connectivity index (χ0) is 20.4. The van der Waals surface area contributed by atoms with Gasteiger partial charge < -0.3 is 9.80 Å². The van der Waals surface area contributed by atoms with Gasteiger partial charge in [0.15, 0.2) is 0 Å². The van der Waals surface area contributed by atoms with Crippen molar-refractivity contribution in [3.05, 3.63) is 33.9 Å². The predicted octanol–water partition coefficient (Wildman–Crippen LogP) is 2.06. The molecule has 2 aliphatic rings. The first-order valence-corrected chi connectivity index (χ1v) is 9.84. The summed E-state index contributed by atoms with van der Waals surface area (Å²) >= 11 is 0. The highest BCUT2D eigenvalue weighted by Gasteiger charge is 2.31. The lowest BCUT2D eigenvalue weighted by atomic mass is 9.95. The Labute approximate surface area is 165 Å². The standard InChI is InChI=1S/C20H28N4O4/c1-14(2)21(3)20(26)16-6-9-22(10-7-16)13-19(25)23-11-8-15-4-5-17(24(27)28)12-18(15)23/h4-5,12,14,16H,6-11,13H2,1-3H3. The zero-order valence-electron chi connectivity index (χ0n) is 16.8. The van der Waals surface area contributed by atoms with E-state index in [-0.39, 0.29) is 36.0 Å². The number of hydrogen-bond donors (Lipinski definition) is 0. The summed E-state index contributed by atoms with van der Waals surface area (Å²) in [6.45, 7) is 6.27. The molecule has 0 aliphatic carbocycles. The third-order valence-electron chi connectivity index (χ3n) is 5.89. The van der Waals surface area contributed by atoms with E-state index in [0.717, 1.165) is 24.8 Å². The first-order valence-electron chi connectivity index (χ1n) is 9.84. The van der Waals surface area contributed by atoms with Gasteiger partial charge in [0.25, 0.3) is 5.69 Å². The van der Waals surface area contributed by atoms with Crippen LogP contribution < -0.4 is 4.90 Å². The molecule has 0 saturated carbocycles. The fourth-order valence-electron chi connectivity index (χ4n) is 3.90. The van der Waals surface area contributed by atoms with Crippen molar-refractivity contribution in [2.75, 3.05) is 38.1 Å². The van der Waals surface area contributed by atoms with E-state index in [9.17, 15) is 19.7 Å². The van der Waals surface area contributed by atoms with E-state index < -0.39 is 4.92 Å². The molecule has 3 rings (SSSR count). The Morgan fingerprint density at radius 3 is 2.54 bits per heavy atom. The lowest BCUT2D eigenvalue weighted by Gasteiger charge is -2.34. The van der Waals surface area contributed by atoms with Crippen molar-refractivity contribution in [3.63, 3.8) is 0 Å². The average Bonchev–Trinajstić information content (AvgIpc) is 3.10. The van der Waals surface area contributed by atoms with Crippen LogP contribution in [0.2, 0.25) is 0 Å². The van der Waals surface area contributed by atoms with Crippen LogP contribution in [-0.4, -0.2) is 65.8 Å². The monoisotopic (exact) mass is 388 g/mol. The number of nitro benzene ring substituents is 1. The Bertz CT molecular complexity index is 771. The van der Waals surface area contributed by atoms with Gasteiger partial charge in [-0.3, -0.25) is 24.6 Å². The van der Waals surface area contributed by atoms with Gasteiger partial charge >= 0.3 is 0 Å². The van der Waals surface area contributed by atoms with Crippen LogP contribution >= 0.6 is 0 Å². The summed E-state index contributed by atoms with van der Waals surface area (Å²) in [5.74, 6) is 0.166. The van der Waals surface area contributed by atoms with Gasteiger partial charge in [0.2, 0.25) is 11.8 Å². The maximum Gasteiger partial charge on any atom is 0.271 e. The second-order valence-electron chi connectivity index (χ2n) is 7.96. The molecule has 1 aromatic rings. The van der Waals surface area contributed by atoms with Crippen LogP contribution in [0.1, 0.15) is 32.3 Å². The molecule has 8 nitrogen and oxygen atoms in total. The maximum atomic E-state index is 12.8. The summed E-state index contributed by atoms with van der Waals surface area (Å²) in [5.41, 5.74) is 1.63. The Hall–Kier alpha value is -2.48. The minimum absolute atomic E-state index is 0.00653. The van der Waals surface area contributed by atoms with Gasteiger partial charge in [-0.15, -0.1) is 0 Å². The highest BCUT2D eigenvalue weighted by molar-refractivity contribution is 5.97. The molecule has 2 amide bonds. The molecular formula is C20H28N4O4. The molecule has 0 atom stereocenters. The predicted molar refractivity (Wildman–Crippen MR) is 106 cm³/mol. The minimum atomic E-state index is -0.433. The molecule has 8 heteroatoms. The summed E-state index contributed by atoms with van der Waals surface area (Å²) < 4.78 is 0. The first kappa shape index (κ1) is 20.3. The van der Waals surface area contributed by atoms with Gasteiger partial charge in [0.05, 0.1) is 17.2 Å². The topological polar surface area (TPSA) is 87.0 Å². The van der Waals surface area contributed by atoms with Gasteiger partial charge in [-0.25, -0.2) is 0 Å². The Morgan fingerprint density at radius 1 is 1.25 bits per heavy atom. The number of nitro groups is 1. The van der Waals surface area contributed by atoms with Gasteiger partial charge in [-0.2, -0.15) is 0 Å². The van der Waals surface area contributed by atoms with Crippen LogP contribution in [0.3, 0.4) is 0 Å². The third kappa shape index (κ3) is 4.16. The number of carbonyl (C=O) groups is 2. The molecule has 1 aromatic carbocycles. The van der Waals surface area contributed by atoms with Crippen molar-refractivity contribution in [2.45, 2.75) is 39.2 Å². The van der Waals surface area contributed by atoms with Crippen LogP contribution in [0, 0.1) is 16.0 Å². The molecule has 28 heavy (non-hydrogen) atoms. The van der Waals surface area contributed by atoms with Crippen LogP contribution in [0.15, 0.2) is 18.2 Å². The molecule has 0 radical (unpaired) electrons. The SMILES string of the molecule is CC(C)N(C)C(=O)C1CCN(CC(=O)N2CCc3ccc([N+](=O)[O-])cc32)CC1. The van der Waals surface area contributed by atoms with Gasteiger partial charge in [0, 0.05) is 37.7 Å². The summed E-state index contributed by atoms with van der Waals surface area (Å²) in [4.78, 5) is 41.4. The lowest BCUT2D eigenvalue weighted by molar-refractivity contribution is -0.384. The van der Waals surface area contributed by atoms with Crippen LogP contribution in [0.25, 0.3) is 0 Å². The quantitative estimate of drug-likeness (QED) is 0.569. The molecular weight excluding hydrogens is 360 g/mol. The Morgan fingerprint density at radius 2 is 1.93 bits per heavy atom. The zero-order valence-corrected chi connectivity index (χ0v) is 16.8. The van der Waals surface area contributed by atoms with Crippen molar-refractivity contribution >= 4 is 23.2 Å². The molecule has 1 fully saturated rings. The number of likely N-dealkylation sites (tertiary alicyclic amines) is 1. The Kier molecular flexibility index (Phi) is 5.98. The first-order chi connectivity index (χ1) is 13.3. The molecule has 2 heterocycles. The average molecular weight is 388 g/mol. The molecule has 0 N–H and O–H groups in total. The molecule has 1 saturated heterocycles. The fraction of sp³-hybridized carbons (Fsp3) is 0.600. The van der Waals surface area contributed by atoms with Crippen molar-refractivity contribution in [2.24, 2.45) is 5.92 Å². The largest absolute Gasteiger partial charge is 0.343 e. The van der Waals surface area contributed by atoms with Gasteiger partial charge in [-0.1, -0.05) is 6.07 Å². The van der Waals surface area contributed by atoms with E-state index in [2.05, 4.69) is 4.90 Å². The van der Waals surface area contributed by atoms with E-state index >= 15 is 0 Å². The van der Waals surface area contributed by atoms with Crippen LogP contribution in [0.5, 0.6) is 0 Å². The molecule has 0 unspecified atom stereocenters. The molecule has 2 aliphatic heterocycles. The second-order valence-corrected chi connectivity index (χ2v) is 7.96. The number of benzene rings is 1. The number of hydrogen-bond acceptors (Lipinski definition) is 5. The molecule has 152 valence electrons. The molecule has 0 bridgehead atoms. The number of non-ortho nitro benzene ring substituents is 1. The number of nitrogens with zero attached hydrogens (tertiary/aromatic N) is 4. The number of anilines is 1. The normalized spacial score (nSPS) is 17.6. The molecule has 0 spiro atoms. The molecule has 0 aromatic heterocycles. The van der Waals surface area contributed by atoms with E-state index in [0.29, 0.717) is 25.3 Å². The fourth-order valence-corrected chi connectivity index (χ4v) is 3.90. The van der Waals surface area contributed by atoms with E-state index in [1.165, 1.54) is 12.1 Å². The number of amides is 2. The number of rotatable bonds is 5. The van der Waals surface area contributed by atoms with Crippen molar-refractivity contribution in [1.82, 2.24) is 9.80 Å². The number of fused-ring (bicyclic) bond motifs is 1. The van der Waals surface area contributed by atoms with Crippen molar-refractivity contribution in [1.29, 1.82) is 0 Å². The van der Waals surface area contributed by atoms with Crippen molar-refractivity contribution < 1.29 is 14.5 Å². The van der Waals surface area contributed by atoms with E-state index in [1.807, 2.05) is 20.9 Å². The highest BCUT2D eigenvalue weighted by atomic mass is 16.6. The maximum absolute atomic E-state index is 12.8.